The molecule has 0 radical (unpaired) electrons. The zero-order chi connectivity index (χ0) is 31.2. The number of fused-ring (bicyclic) bond motifs is 1. The van der Waals surface area contributed by atoms with Crippen LogP contribution in [0.1, 0.15) is 39.0 Å². The van der Waals surface area contributed by atoms with E-state index in [-0.39, 0.29) is 11.9 Å². The average molecular weight is 633 g/mol. The van der Waals surface area contributed by atoms with Gasteiger partial charge in [0.25, 0.3) is 0 Å². The van der Waals surface area contributed by atoms with Crippen molar-refractivity contribution in [1.29, 1.82) is 0 Å². The van der Waals surface area contributed by atoms with Gasteiger partial charge in [-0.1, -0.05) is 24.6 Å². The molecule has 0 aliphatic carbocycles. The Kier molecular flexibility index (Phi) is 8.06. The third-order valence-corrected chi connectivity index (χ3v) is 8.71. The van der Waals surface area contributed by atoms with E-state index in [0.29, 0.717) is 65.1 Å². The molecule has 6 rings (SSSR count). The lowest BCUT2D eigenvalue weighted by atomic mass is 10.0. The van der Waals surface area contributed by atoms with Crippen LogP contribution in [0.2, 0.25) is 5.02 Å². The maximum Gasteiger partial charge on any atom is 0.410 e. The molecule has 228 valence electrons. The van der Waals surface area contributed by atoms with E-state index in [1.165, 1.54) is 11.5 Å². The number of benzene rings is 2. The van der Waals surface area contributed by atoms with Gasteiger partial charge in [0.05, 0.1) is 17.1 Å². The molecular weight excluding hydrogens is 599 g/mol. The first-order valence-corrected chi connectivity index (χ1v) is 15.8. The van der Waals surface area contributed by atoms with Crippen molar-refractivity contribution in [1.82, 2.24) is 23.6 Å². The summed E-state index contributed by atoms with van der Waals surface area (Å²) in [7, 11) is 0. The predicted molar refractivity (Wildman–Crippen MR) is 174 cm³/mol. The fraction of sp³-hybridized carbons (Fsp3) is 0.333. The zero-order valence-electron chi connectivity index (χ0n) is 25.4. The van der Waals surface area contributed by atoms with Crippen LogP contribution in [0.4, 0.5) is 14.9 Å². The van der Waals surface area contributed by atoms with Gasteiger partial charge in [-0.15, -0.1) is 0 Å². The van der Waals surface area contributed by atoms with Gasteiger partial charge in [-0.05, 0) is 93.7 Å². The van der Waals surface area contributed by atoms with Crippen LogP contribution in [0.5, 0.6) is 0 Å². The summed E-state index contributed by atoms with van der Waals surface area (Å²) in [6.07, 6.45) is 2.38. The van der Waals surface area contributed by atoms with Gasteiger partial charge in [-0.25, -0.2) is 19.2 Å². The van der Waals surface area contributed by atoms with Crippen molar-refractivity contribution in [3.8, 4) is 33.2 Å². The molecule has 1 fully saturated rings. The van der Waals surface area contributed by atoms with Gasteiger partial charge in [0.15, 0.2) is 5.82 Å². The number of anilines is 1. The number of rotatable bonds is 5. The van der Waals surface area contributed by atoms with Gasteiger partial charge in [-0.3, -0.25) is 4.40 Å². The number of carbonyl (C=O) groups is 1. The number of nitrogens with zero attached hydrogens (tertiary/aromatic N) is 6. The number of halogens is 2. The molecule has 1 aliphatic heterocycles. The monoisotopic (exact) mass is 632 g/mol. The molecule has 4 heterocycles. The Morgan fingerprint density at radius 3 is 2.39 bits per heavy atom. The lowest BCUT2D eigenvalue weighted by molar-refractivity contribution is 0.0240. The van der Waals surface area contributed by atoms with Crippen LogP contribution < -0.4 is 4.90 Å². The highest BCUT2D eigenvalue weighted by molar-refractivity contribution is 7.09. The lowest BCUT2D eigenvalue weighted by Crippen LogP contribution is -2.50. The van der Waals surface area contributed by atoms with E-state index in [1.807, 2.05) is 74.7 Å². The number of aryl methyl sites for hydroxylation is 1. The number of amides is 1. The van der Waals surface area contributed by atoms with Gasteiger partial charge in [-0.2, -0.15) is 4.37 Å². The number of imidazole rings is 1. The molecule has 0 N–H and O–H groups in total. The van der Waals surface area contributed by atoms with Gasteiger partial charge < -0.3 is 14.5 Å². The highest BCUT2D eigenvalue weighted by Gasteiger charge is 2.27. The van der Waals surface area contributed by atoms with Gasteiger partial charge in [0, 0.05) is 54.1 Å². The summed E-state index contributed by atoms with van der Waals surface area (Å²) in [5, 5.41) is 1.30. The number of hydrogen-bond acceptors (Lipinski definition) is 7. The molecule has 0 unspecified atom stereocenters. The fourth-order valence-electron chi connectivity index (χ4n) is 5.42. The first-order valence-electron chi connectivity index (χ1n) is 14.7. The molecule has 0 bridgehead atoms. The quantitative estimate of drug-likeness (QED) is 0.196. The summed E-state index contributed by atoms with van der Waals surface area (Å²) in [5.41, 5.74) is 5.33. The van der Waals surface area contributed by atoms with Crippen molar-refractivity contribution < 1.29 is 13.9 Å². The molecule has 1 saturated heterocycles. The highest BCUT2D eigenvalue weighted by Crippen LogP contribution is 2.36. The van der Waals surface area contributed by atoms with Crippen LogP contribution in [-0.2, 0) is 11.2 Å². The molecular formula is C33H34ClFN6O2S. The SMILES string of the molecule is CCc1nc2ccc(N3CCN(C(=O)OC(C)(C)C)CC3)cn2c1-c1ccc(-c2nc(-c3ccc(Cl)cc3)ns2)c(C)c1F. The largest absolute Gasteiger partial charge is 0.444 e. The van der Waals surface area contributed by atoms with E-state index in [1.54, 1.807) is 24.0 Å². The first kappa shape index (κ1) is 30.0. The molecule has 0 saturated carbocycles. The topological polar surface area (TPSA) is 75.9 Å². The highest BCUT2D eigenvalue weighted by atomic mass is 35.5. The second-order valence-corrected chi connectivity index (χ2v) is 13.0. The number of ether oxygens (including phenoxy) is 1. The van der Waals surface area contributed by atoms with Gasteiger partial charge in [0.1, 0.15) is 22.1 Å². The number of aromatic nitrogens is 4. The smallest absolute Gasteiger partial charge is 0.410 e. The number of pyridine rings is 1. The Hall–Kier alpha value is -4.02. The van der Waals surface area contributed by atoms with Crippen LogP contribution >= 0.6 is 23.1 Å². The fourth-order valence-corrected chi connectivity index (χ4v) is 6.32. The minimum Gasteiger partial charge on any atom is -0.444 e. The maximum absolute atomic E-state index is 16.3. The van der Waals surface area contributed by atoms with Crippen LogP contribution in [0, 0.1) is 12.7 Å². The van der Waals surface area contributed by atoms with E-state index < -0.39 is 5.60 Å². The van der Waals surface area contributed by atoms with Crippen molar-refractivity contribution in [2.45, 2.75) is 46.6 Å². The van der Waals surface area contributed by atoms with E-state index in [2.05, 4.69) is 9.27 Å². The standard InChI is InChI=1S/C33H34ClFN6O2S/c1-6-26-29(25-13-12-24(20(2)28(25)35)31-37-30(38-44-31)21-7-9-22(34)10-8-21)41-19-23(11-14-27(41)36-26)39-15-17-40(18-16-39)32(42)43-33(3,4)5/h7-14,19H,6,15-18H2,1-5H3. The van der Waals surface area contributed by atoms with E-state index in [0.717, 1.165) is 28.3 Å². The molecule has 8 nitrogen and oxygen atoms in total. The molecule has 2 aromatic carbocycles. The summed E-state index contributed by atoms with van der Waals surface area (Å²) >= 11 is 7.27. The van der Waals surface area contributed by atoms with Gasteiger partial charge >= 0.3 is 6.09 Å². The summed E-state index contributed by atoms with van der Waals surface area (Å²) < 4.78 is 28.3. The number of hydrogen-bond donors (Lipinski definition) is 0. The first-order chi connectivity index (χ1) is 21.0. The summed E-state index contributed by atoms with van der Waals surface area (Å²) in [5.74, 6) is 0.277. The summed E-state index contributed by atoms with van der Waals surface area (Å²) in [6, 6.07) is 15.1. The normalized spacial score (nSPS) is 14.0. The minimum atomic E-state index is -0.530. The van der Waals surface area contributed by atoms with E-state index in [4.69, 9.17) is 26.3 Å². The third kappa shape index (κ3) is 5.88. The second-order valence-electron chi connectivity index (χ2n) is 11.9. The Labute approximate surface area is 265 Å². The molecule has 44 heavy (non-hydrogen) atoms. The van der Waals surface area contributed by atoms with Crippen molar-refractivity contribution >= 4 is 40.6 Å². The second kappa shape index (κ2) is 11.8. The maximum atomic E-state index is 16.3. The average Bonchev–Trinajstić information content (AvgIpc) is 3.63. The minimum absolute atomic E-state index is 0.291. The van der Waals surface area contributed by atoms with Crippen LogP contribution in [-0.4, -0.2) is 61.5 Å². The predicted octanol–water partition coefficient (Wildman–Crippen LogP) is 7.91. The number of carbonyl (C=O) groups excluding carboxylic acids is 1. The van der Waals surface area contributed by atoms with E-state index >= 15 is 4.39 Å². The molecule has 1 aliphatic rings. The van der Waals surface area contributed by atoms with Crippen LogP contribution in [0.25, 0.3) is 38.9 Å². The number of piperazine rings is 1. The van der Waals surface area contributed by atoms with Crippen molar-refractivity contribution in [3.63, 3.8) is 0 Å². The van der Waals surface area contributed by atoms with Crippen molar-refractivity contribution in [2.75, 3.05) is 31.1 Å². The van der Waals surface area contributed by atoms with Crippen molar-refractivity contribution in [3.05, 3.63) is 76.8 Å². The molecule has 5 aromatic rings. The summed E-state index contributed by atoms with van der Waals surface area (Å²) in [4.78, 5) is 26.1. The van der Waals surface area contributed by atoms with E-state index in [9.17, 15) is 4.79 Å². The molecule has 1 amide bonds. The molecule has 0 atom stereocenters. The van der Waals surface area contributed by atoms with Crippen molar-refractivity contribution in [2.24, 2.45) is 0 Å². The summed E-state index contributed by atoms with van der Waals surface area (Å²) in [6.45, 7) is 11.9. The molecule has 0 spiro atoms. The Bertz CT molecular complexity index is 1840. The molecule has 3 aromatic heterocycles. The van der Waals surface area contributed by atoms with Crippen LogP contribution in [0.15, 0.2) is 54.7 Å². The van der Waals surface area contributed by atoms with Gasteiger partial charge in [0.2, 0.25) is 0 Å². The Balaban J connectivity index is 1.30. The zero-order valence-corrected chi connectivity index (χ0v) is 27.0. The Morgan fingerprint density at radius 1 is 1.00 bits per heavy atom. The lowest BCUT2D eigenvalue weighted by Gasteiger charge is -2.36. The Morgan fingerprint density at radius 2 is 1.70 bits per heavy atom. The molecule has 11 heteroatoms. The van der Waals surface area contributed by atoms with Crippen LogP contribution in [0.3, 0.4) is 0 Å². The third-order valence-electron chi connectivity index (χ3n) is 7.71.